The minimum atomic E-state index is -0.505. The molecule has 0 saturated carbocycles. The van der Waals surface area contributed by atoms with Crippen molar-refractivity contribution in [1.29, 1.82) is 5.41 Å². The van der Waals surface area contributed by atoms with Crippen LogP contribution >= 0.6 is 11.8 Å². The summed E-state index contributed by atoms with van der Waals surface area (Å²) in [6.07, 6.45) is 1.72. The number of aliphatic imine (C=N–C) groups is 1. The summed E-state index contributed by atoms with van der Waals surface area (Å²) in [5.74, 6) is 0.0880. The zero-order chi connectivity index (χ0) is 25.1. The summed E-state index contributed by atoms with van der Waals surface area (Å²) in [6.45, 7) is 4.67. The number of hydrogen-bond donors (Lipinski definition) is 1. The molecule has 9 nitrogen and oxygen atoms in total. The van der Waals surface area contributed by atoms with Crippen LogP contribution in [0, 0.1) is 12.3 Å². The molecule has 36 heavy (non-hydrogen) atoms. The van der Waals surface area contributed by atoms with Gasteiger partial charge in [0, 0.05) is 13.1 Å². The molecule has 1 saturated heterocycles. The number of amidine groups is 2. The van der Waals surface area contributed by atoms with E-state index in [2.05, 4.69) is 10.1 Å². The largest absolute Gasteiger partial charge is 0.489 e. The maximum atomic E-state index is 12.7. The van der Waals surface area contributed by atoms with Gasteiger partial charge in [-0.3, -0.25) is 15.0 Å². The molecule has 10 heteroatoms. The molecular formula is C26H25N5O4S. The molecule has 3 aliphatic heterocycles. The van der Waals surface area contributed by atoms with Crippen LogP contribution in [0.25, 0.3) is 6.08 Å². The number of nitrogens with one attached hydrogen (secondary N) is 1. The molecule has 0 unspecified atom stereocenters. The molecule has 0 radical (unpaired) electrons. The minimum absolute atomic E-state index is 0.0525. The van der Waals surface area contributed by atoms with Crippen molar-refractivity contribution in [2.75, 3.05) is 26.3 Å². The highest BCUT2D eigenvalue weighted by atomic mass is 32.2. The average molecular weight is 504 g/mol. The summed E-state index contributed by atoms with van der Waals surface area (Å²) in [5, 5.41) is 15.1. The number of hydrazone groups is 1. The summed E-state index contributed by atoms with van der Waals surface area (Å²) in [4.78, 5) is 31.1. The summed E-state index contributed by atoms with van der Waals surface area (Å²) >= 11 is 1.15. The van der Waals surface area contributed by atoms with E-state index in [1.165, 1.54) is 10.6 Å². The maximum Gasteiger partial charge on any atom is 0.283 e. The van der Waals surface area contributed by atoms with Crippen LogP contribution < -0.4 is 4.74 Å². The first-order valence-corrected chi connectivity index (χ1v) is 12.4. The number of carbonyl (C=O) groups excluding carboxylic acids is 2. The Morgan fingerprint density at radius 2 is 1.92 bits per heavy atom. The minimum Gasteiger partial charge on any atom is -0.489 e. The van der Waals surface area contributed by atoms with Gasteiger partial charge >= 0.3 is 0 Å². The number of ether oxygens (including phenoxy) is 2. The van der Waals surface area contributed by atoms with Gasteiger partial charge in [-0.05, 0) is 53.6 Å². The van der Waals surface area contributed by atoms with E-state index in [9.17, 15) is 9.59 Å². The Morgan fingerprint density at radius 3 is 2.67 bits per heavy atom. The van der Waals surface area contributed by atoms with E-state index in [-0.39, 0.29) is 23.7 Å². The van der Waals surface area contributed by atoms with Gasteiger partial charge in [0.05, 0.1) is 25.2 Å². The highest BCUT2D eigenvalue weighted by Gasteiger charge is 2.36. The number of hydrogen-bond acceptors (Lipinski definition) is 7. The Bertz CT molecular complexity index is 1300. The SMILES string of the molecule is Cc1ccccc1COc1ccc(/C=C2/C(=N)N3N=C(CC(=O)N4CCOCC4)SC3=NC2=O)cc1. The lowest BCUT2D eigenvalue weighted by Crippen LogP contribution is -2.41. The number of morpholine rings is 1. The molecule has 0 spiro atoms. The first-order chi connectivity index (χ1) is 17.5. The van der Waals surface area contributed by atoms with Crippen LogP contribution in [0.1, 0.15) is 23.1 Å². The van der Waals surface area contributed by atoms with Crippen molar-refractivity contribution in [2.24, 2.45) is 10.1 Å². The molecule has 184 valence electrons. The Morgan fingerprint density at radius 1 is 1.17 bits per heavy atom. The van der Waals surface area contributed by atoms with Crippen molar-refractivity contribution in [1.82, 2.24) is 9.91 Å². The van der Waals surface area contributed by atoms with Crippen LogP contribution in [0.2, 0.25) is 0 Å². The number of nitrogens with zero attached hydrogens (tertiary/aromatic N) is 4. The van der Waals surface area contributed by atoms with Gasteiger partial charge in [0.25, 0.3) is 5.91 Å². The smallest absolute Gasteiger partial charge is 0.283 e. The van der Waals surface area contributed by atoms with E-state index in [4.69, 9.17) is 14.9 Å². The molecular weight excluding hydrogens is 478 g/mol. The topological polar surface area (TPSA) is 108 Å². The van der Waals surface area contributed by atoms with Gasteiger partial charge in [-0.2, -0.15) is 15.1 Å². The van der Waals surface area contributed by atoms with E-state index in [1.807, 2.05) is 55.5 Å². The molecule has 0 atom stereocenters. The molecule has 2 aromatic carbocycles. The molecule has 0 aromatic heterocycles. The highest BCUT2D eigenvalue weighted by molar-refractivity contribution is 8.27. The molecule has 3 heterocycles. The predicted molar refractivity (Wildman–Crippen MR) is 139 cm³/mol. The first-order valence-electron chi connectivity index (χ1n) is 11.6. The number of benzene rings is 2. The fourth-order valence-electron chi connectivity index (χ4n) is 3.92. The van der Waals surface area contributed by atoms with Crippen LogP contribution in [0.5, 0.6) is 5.75 Å². The van der Waals surface area contributed by atoms with Crippen LogP contribution in [-0.4, -0.2) is 64.1 Å². The lowest BCUT2D eigenvalue weighted by atomic mass is 10.1. The number of amides is 2. The fourth-order valence-corrected chi connectivity index (χ4v) is 4.79. The van der Waals surface area contributed by atoms with Crippen LogP contribution in [-0.2, 0) is 20.9 Å². The van der Waals surface area contributed by atoms with Crippen molar-refractivity contribution < 1.29 is 19.1 Å². The van der Waals surface area contributed by atoms with E-state index in [1.54, 1.807) is 11.0 Å². The van der Waals surface area contributed by atoms with Crippen molar-refractivity contribution in [2.45, 2.75) is 20.0 Å². The Balaban J connectivity index is 1.25. The van der Waals surface area contributed by atoms with E-state index < -0.39 is 5.91 Å². The summed E-state index contributed by atoms with van der Waals surface area (Å²) < 4.78 is 11.2. The maximum absolute atomic E-state index is 12.7. The third-order valence-corrected chi connectivity index (χ3v) is 6.92. The van der Waals surface area contributed by atoms with Gasteiger partial charge in [0.2, 0.25) is 11.1 Å². The molecule has 2 amide bonds. The standard InChI is InChI=1S/C26H25N5O4S/c1-17-4-2-3-5-19(17)16-35-20-8-6-18(7-9-20)14-21-24(27)31-26(28-25(21)33)36-22(29-31)15-23(32)30-10-12-34-13-11-30/h2-9,14,27H,10-13,15-16H2,1H3/b21-14-,27-24?. The van der Waals surface area contributed by atoms with Crippen molar-refractivity contribution in [3.63, 3.8) is 0 Å². The van der Waals surface area contributed by atoms with Gasteiger partial charge in [-0.25, -0.2) is 0 Å². The number of thioether (sulfide) groups is 1. The van der Waals surface area contributed by atoms with Crippen LogP contribution in [0.4, 0.5) is 0 Å². The lowest BCUT2D eigenvalue weighted by Gasteiger charge is -2.26. The summed E-state index contributed by atoms with van der Waals surface area (Å²) in [5.41, 5.74) is 3.17. The molecule has 1 fully saturated rings. The molecule has 0 bridgehead atoms. The monoisotopic (exact) mass is 503 g/mol. The average Bonchev–Trinajstić information content (AvgIpc) is 3.29. The van der Waals surface area contributed by atoms with Gasteiger partial charge in [0.15, 0.2) is 5.84 Å². The number of rotatable bonds is 6. The number of aryl methyl sites for hydroxylation is 1. The van der Waals surface area contributed by atoms with Crippen molar-refractivity contribution >= 4 is 45.7 Å². The second kappa shape index (κ2) is 10.5. The van der Waals surface area contributed by atoms with Gasteiger partial charge in [0.1, 0.15) is 17.4 Å². The van der Waals surface area contributed by atoms with Crippen molar-refractivity contribution in [3.8, 4) is 5.75 Å². The zero-order valence-electron chi connectivity index (χ0n) is 19.8. The zero-order valence-corrected chi connectivity index (χ0v) is 20.6. The Kier molecular flexibility index (Phi) is 6.97. The Hall–Kier alpha value is -3.76. The number of carbonyl (C=O) groups is 2. The third-order valence-electron chi connectivity index (χ3n) is 6.01. The van der Waals surface area contributed by atoms with Crippen LogP contribution in [0.3, 0.4) is 0 Å². The molecule has 1 N–H and O–H groups in total. The number of fused-ring (bicyclic) bond motifs is 1. The first kappa shape index (κ1) is 24.0. The summed E-state index contributed by atoms with van der Waals surface area (Å²) in [7, 11) is 0. The molecule has 0 aliphatic carbocycles. The van der Waals surface area contributed by atoms with E-state index in [0.29, 0.717) is 48.9 Å². The fraction of sp³-hybridized carbons (Fsp3) is 0.269. The van der Waals surface area contributed by atoms with E-state index >= 15 is 0 Å². The second-order valence-corrected chi connectivity index (χ2v) is 9.51. The van der Waals surface area contributed by atoms with Gasteiger partial charge < -0.3 is 14.4 Å². The highest BCUT2D eigenvalue weighted by Crippen LogP contribution is 2.30. The summed E-state index contributed by atoms with van der Waals surface area (Å²) in [6, 6.07) is 15.4. The van der Waals surface area contributed by atoms with E-state index in [0.717, 1.165) is 22.9 Å². The molecule has 2 aromatic rings. The van der Waals surface area contributed by atoms with Crippen molar-refractivity contribution in [3.05, 3.63) is 70.8 Å². The quantitative estimate of drug-likeness (QED) is 0.605. The third kappa shape index (κ3) is 5.24. The lowest BCUT2D eigenvalue weighted by molar-refractivity contribution is -0.133. The predicted octanol–water partition coefficient (Wildman–Crippen LogP) is 3.44. The van der Waals surface area contributed by atoms with Crippen LogP contribution in [0.15, 0.2) is 64.2 Å². The Labute approximate surface area is 213 Å². The molecule has 5 rings (SSSR count). The van der Waals surface area contributed by atoms with Gasteiger partial charge in [-0.15, -0.1) is 0 Å². The second-order valence-electron chi connectivity index (χ2n) is 8.47. The molecule has 3 aliphatic rings. The normalized spacial score (nSPS) is 18.8. The van der Waals surface area contributed by atoms with Gasteiger partial charge in [-0.1, -0.05) is 36.4 Å².